The van der Waals surface area contributed by atoms with Gasteiger partial charge in [-0.15, -0.1) is 0 Å². The number of ketones is 1. The van der Waals surface area contributed by atoms with Gasteiger partial charge in [-0.25, -0.2) is 4.79 Å². The summed E-state index contributed by atoms with van der Waals surface area (Å²) >= 11 is 0. The van der Waals surface area contributed by atoms with Gasteiger partial charge in [-0.3, -0.25) is 9.28 Å². The van der Waals surface area contributed by atoms with Gasteiger partial charge in [0.1, 0.15) is 5.78 Å². The minimum Gasteiger partial charge on any atom is -1.00 e. The van der Waals surface area contributed by atoms with E-state index in [0.29, 0.717) is 22.1 Å². The Labute approximate surface area is 295 Å². The number of amides is 1. The first-order chi connectivity index (χ1) is 21.8. The number of rotatable bonds is 31. The topological polar surface area (TPSA) is 34.1 Å². The summed E-state index contributed by atoms with van der Waals surface area (Å²) in [4.78, 5) is 23.3. The molecule has 46 heavy (non-hydrogen) atoms. The van der Waals surface area contributed by atoms with Crippen LogP contribution in [0.2, 0.25) is 0 Å². The Morgan fingerprint density at radius 2 is 0.783 bits per heavy atom. The average molecular weight is 667 g/mol. The average Bonchev–Trinajstić information content (AvgIpc) is 3.87. The van der Waals surface area contributed by atoms with Crippen molar-refractivity contribution in [3.63, 3.8) is 0 Å². The molecule has 0 N–H and O–H groups in total. The van der Waals surface area contributed by atoms with Gasteiger partial charge < -0.3 is 12.4 Å². The number of allylic oxidation sites excluding steroid dienone is 4. The van der Waals surface area contributed by atoms with Crippen LogP contribution in [0.3, 0.4) is 0 Å². The van der Waals surface area contributed by atoms with Crippen LogP contribution in [0.5, 0.6) is 0 Å². The maximum Gasteiger partial charge on any atom is 0.313 e. The predicted octanol–water partition coefficient (Wildman–Crippen LogP) is 10.3. The van der Waals surface area contributed by atoms with Crippen LogP contribution in [0, 0.1) is 5.92 Å². The highest BCUT2D eigenvalue weighted by atomic mass is 35.5. The molecule has 0 radical (unpaired) electrons. The molecule has 1 fully saturated rings. The molecule has 0 aromatic heterocycles. The van der Waals surface area contributed by atoms with Crippen LogP contribution in [0.1, 0.15) is 206 Å². The van der Waals surface area contributed by atoms with Crippen LogP contribution >= 0.6 is 0 Å². The van der Waals surface area contributed by atoms with Crippen molar-refractivity contribution in [1.82, 2.24) is 0 Å². The maximum absolute atomic E-state index is 11.8. The van der Waals surface area contributed by atoms with E-state index in [1.54, 1.807) is 0 Å². The van der Waals surface area contributed by atoms with E-state index >= 15 is 0 Å². The number of carbonyl (C=O) groups excluding carboxylic acids is 2. The van der Waals surface area contributed by atoms with Crippen LogP contribution in [0.4, 0.5) is 0 Å². The Morgan fingerprint density at radius 1 is 0.478 bits per heavy atom. The molecule has 0 aromatic carbocycles. The van der Waals surface area contributed by atoms with Gasteiger partial charge in [0.05, 0.1) is 27.6 Å². The molecule has 3 nitrogen and oxygen atoms in total. The Kier molecular flexibility index (Phi) is 36.3. The molecule has 4 heteroatoms. The first kappa shape index (κ1) is 47.2. The molecule has 0 heterocycles. The van der Waals surface area contributed by atoms with Crippen LogP contribution in [-0.2, 0) is 9.59 Å². The van der Waals surface area contributed by atoms with Gasteiger partial charge in [0, 0.05) is 12.3 Å². The van der Waals surface area contributed by atoms with E-state index < -0.39 is 0 Å². The summed E-state index contributed by atoms with van der Waals surface area (Å²) in [5.41, 5.74) is 0. The van der Waals surface area contributed by atoms with Gasteiger partial charge in [0.15, 0.2) is 0 Å². The molecule has 0 aliphatic heterocycles. The molecule has 0 aromatic rings. The van der Waals surface area contributed by atoms with Crippen molar-refractivity contribution in [2.45, 2.75) is 206 Å². The summed E-state index contributed by atoms with van der Waals surface area (Å²) < 4.78 is 0.462. The van der Waals surface area contributed by atoms with Crippen molar-refractivity contribution in [3.8, 4) is 0 Å². The molecular weight excluding hydrogens is 586 g/mol. The summed E-state index contributed by atoms with van der Waals surface area (Å²) in [5, 5.41) is 0. The number of unbranched alkanes of at least 4 members (excludes halogenated alkanes) is 22. The van der Waals surface area contributed by atoms with E-state index in [-0.39, 0.29) is 12.4 Å². The van der Waals surface area contributed by atoms with Gasteiger partial charge in [0.25, 0.3) is 0 Å². The lowest BCUT2D eigenvalue weighted by atomic mass is 10.1. The molecular formula is C42H80ClNO2. The fourth-order valence-corrected chi connectivity index (χ4v) is 5.66. The number of nitrogens with zero attached hydrogens (tertiary/aromatic N) is 1. The first-order valence-corrected chi connectivity index (χ1v) is 20.0. The molecule has 1 rings (SSSR count). The smallest absolute Gasteiger partial charge is 0.313 e. The fourth-order valence-electron chi connectivity index (χ4n) is 5.66. The number of Topliss-reactive ketones (excluding diaryl/α,β-unsaturated/α-hetero) is 1. The SMILES string of the molecule is CCCCCCCC/C=C\CCCCCCCC(=O)C1CC1.CCCCCCCC/C=C\CCCCCCCC(=O)[N+](C)(C)C.[Cl-]. The fraction of sp³-hybridized carbons (Fsp3) is 0.857. The number of hydrogen-bond acceptors (Lipinski definition) is 2. The number of halogens is 1. The van der Waals surface area contributed by atoms with Crippen molar-refractivity contribution >= 4 is 11.7 Å². The normalized spacial score (nSPS) is 13.2. The standard InChI is InChI=1S/C21H42NO.C21H38O.ClH/c1-5-6-7-8-9-10-11-12-13-14-15-16-17-18-19-20-21(23)22(2,3)4;1-2-3-4-5-6-7-8-9-10-11-12-13-14-15-16-17-21(22)20-18-19-20;/h12-13H,5-11,14-20H2,1-4H3;9-10,20H,2-8,11-19H2,1H3;1H/q+1;;/p-1/b13-12-;10-9-;. The second-order valence-corrected chi connectivity index (χ2v) is 14.8. The molecule has 0 atom stereocenters. The summed E-state index contributed by atoms with van der Waals surface area (Å²) in [6, 6.07) is 0. The van der Waals surface area contributed by atoms with Crippen molar-refractivity contribution in [2.24, 2.45) is 5.92 Å². The van der Waals surface area contributed by atoms with Gasteiger partial charge in [0.2, 0.25) is 0 Å². The Balaban J connectivity index is 0. The third kappa shape index (κ3) is 35.9. The highest BCUT2D eigenvalue weighted by Crippen LogP contribution is 2.31. The summed E-state index contributed by atoms with van der Waals surface area (Å²) in [6.45, 7) is 4.55. The van der Waals surface area contributed by atoms with Gasteiger partial charge in [-0.05, 0) is 77.0 Å². The molecule has 0 spiro atoms. The van der Waals surface area contributed by atoms with Crippen LogP contribution in [-0.4, -0.2) is 37.3 Å². The highest BCUT2D eigenvalue weighted by Gasteiger charge is 2.28. The highest BCUT2D eigenvalue weighted by molar-refractivity contribution is 5.83. The molecule has 1 saturated carbocycles. The van der Waals surface area contributed by atoms with E-state index in [2.05, 4.69) is 38.2 Å². The Bertz CT molecular complexity index is 720. The summed E-state index contributed by atoms with van der Waals surface area (Å²) in [5.74, 6) is 1.36. The minimum atomic E-state index is 0. The largest absolute Gasteiger partial charge is 1.00 e. The zero-order chi connectivity index (χ0) is 33.3. The number of carbonyl (C=O) groups is 2. The van der Waals surface area contributed by atoms with Crippen molar-refractivity contribution in [3.05, 3.63) is 24.3 Å². The monoisotopic (exact) mass is 666 g/mol. The molecule has 1 amide bonds. The summed E-state index contributed by atoms with van der Waals surface area (Å²) in [6.07, 6.45) is 47.6. The number of hydrogen-bond donors (Lipinski definition) is 0. The van der Waals surface area contributed by atoms with Gasteiger partial charge in [-0.2, -0.15) is 0 Å². The van der Waals surface area contributed by atoms with Crippen molar-refractivity contribution in [2.75, 3.05) is 21.1 Å². The first-order valence-electron chi connectivity index (χ1n) is 20.0. The third-order valence-electron chi connectivity index (χ3n) is 9.12. The lowest BCUT2D eigenvalue weighted by Crippen LogP contribution is -3.00. The minimum absolute atomic E-state index is 0. The molecule has 0 saturated heterocycles. The second-order valence-electron chi connectivity index (χ2n) is 14.8. The molecule has 272 valence electrons. The van der Waals surface area contributed by atoms with E-state index in [1.165, 1.54) is 167 Å². The molecule has 0 bridgehead atoms. The molecule has 1 aliphatic carbocycles. The predicted molar refractivity (Wildman–Crippen MR) is 200 cm³/mol. The third-order valence-corrected chi connectivity index (χ3v) is 9.12. The van der Waals surface area contributed by atoms with Crippen LogP contribution in [0.15, 0.2) is 24.3 Å². The molecule has 1 aliphatic rings. The van der Waals surface area contributed by atoms with Crippen molar-refractivity contribution < 1.29 is 26.5 Å². The quantitative estimate of drug-likeness (QED) is 0.0419. The Morgan fingerprint density at radius 3 is 1.11 bits per heavy atom. The van der Waals surface area contributed by atoms with Crippen molar-refractivity contribution in [1.29, 1.82) is 0 Å². The van der Waals surface area contributed by atoms with E-state index in [9.17, 15) is 9.59 Å². The van der Waals surface area contributed by atoms with Crippen LogP contribution < -0.4 is 12.4 Å². The number of quaternary nitrogens is 1. The van der Waals surface area contributed by atoms with E-state index in [4.69, 9.17) is 0 Å². The van der Waals surface area contributed by atoms with E-state index in [1.807, 2.05) is 21.1 Å². The van der Waals surface area contributed by atoms with Gasteiger partial charge in [-0.1, -0.05) is 141 Å². The zero-order valence-electron chi connectivity index (χ0n) is 31.7. The Hall–Kier alpha value is -0.930. The maximum atomic E-state index is 11.8. The van der Waals surface area contributed by atoms with Gasteiger partial charge >= 0.3 is 5.91 Å². The second kappa shape index (κ2) is 35.4. The van der Waals surface area contributed by atoms with Crippen LogP contribution in [0.25, 0.3) is 0 Å². The summed E-state index contributed by atoms with van der Waals surface area (Å²) in [7, 11) is 5.87. The molecule has 0 unspecified atom stereocenters. The zero-order valence-corrected chi connectivity index (χ0v) is 32.5. The van der Waals surface area contributed by atoms with E-state index in [0.717, 1.165) is 25.7 Å². The lowest BCUT2D eigenvalue weighted by molar-refractivity contribution is -0.792. The lowest BCUT2D eigenvalue weighted by Gasteiger charge is -2.20.